The Bertz CT molecular complexity index is 890. The van der Waals surface area contributed by atoms with E-state index in [1.165, 1.54) is 12.2 Å². The first kappa shape index (κ1) is 13.8. The van der Waals surface area contributed by atoms with Gasteiger partial charge in [0.2, 0.25) is 0 Å². The highest BCUT2D eigenvalue weighted by atomic mass is 19.1. The summed E-state index contributed by atoms with van der Waals surface area (Å²) in [6, 6.07) is 13.7. The number of hydrogen-bond donors (Lipinski definition) is 2. The number of halogens is 1. The molecule has 0 aromatic heterocycles. The minimum atomic E-state index is -0.245. The third-order valence-corrected chi connectivity index (χ3v) is 4.18. The molecule has 1 aliphatic heterocycles. The van der Waals surface area contributed by atoms with Crippen LogP contribution < -0.4 is 10.6 Å². The van der Waals surface area contributed by atoms with Crippen LogP contribution in [0.3, 0.4) is 0 Å². The lowest BCUT2D eigenvalue weighted by Crippen LogP contribution is -2.30. The number of nitrogens with one attached hydrogen (secondary N) is 2. The summed E-state index contributed by atoms with van der Waals surface area (Å²) < 4.78 is 13.3. The normalized spacial score (nSPS) is 19.3. The summed E-state index contributed by atoms with van der Waals surface area (Å²) in [6.45, 7) is 0. The first-order chi connectivity index (χ1) is 11.2. The number of carbonyl (C=O) groups is 1. The van der Waals surface area contributed by atoms with Crippen molar-refractivity contribution >= 4 is 22.4 Å². The quantitative estimate of drug-likeness (QED) is 0.885. The number of benzene rings is 2. The predicted molar refractivity (Wildman–Crippen MR) is 89.5 cm³/mol. The molecule has 1 amide bonds. The van der Waals surface area contributed by atoms with Gasteiger partial charge in [0.05, 0.1) is 6.04 Å². The molecule has 4 rings (SSSR count). The highest BCUT2D eigenvalue weighted by Gasteiger charge is 2.26. The van der Waals surface area contributed by atoms with Gasteiger partial charge >= 0.3 is 0 Å². The highest BCUT2D eigenvalue weighted by molar-refractivity contribution is 6.09. The van der Waals surface area contributed by atoms with Crippen molar-refractivity contribution in [1.82, 2.24) is 5.32 Å². The first-order valence-electron chi connectivity index (χ1n) is 7.55. The molecular weight excluding hydrogens is 291 g/mol. The Hall–Kier alpha value is -2.88. The van der Waals surface area contributed by atoms with Gasteiger partial charge in [-0.15, -0.1) is 0 Å². The Kier molecular flexibility index (Phi) is 3.23. The molecule has 0 radical (unpaired) electrons. The first-order valence-corrected chi connectivity index (χ1v) is 7.55. The van der Waals surface area contributed by atoms with Crippen molar-refractivity contribution in [1.29, 1.82) is 0 Å². The number of allylic oxidation sites excluding steroid dienone is 2. The fourth-order valence-electron chi connectivity index (χ4n) is 3.02. The van der Waals surface area contributed by atoms with Gasteiger partial charge in [0.15, 0.2) is 0 Å². The second-order valence-electron chi connectivity index (χ2n) is 5.70. The predicted octanol–water partition coefficient (Wildman–Crippen LogP) is 3.82. The molecule has 0 bridgehead atoms. The standard InChI is InChI=1S/C19H15FN2O/c20-14-8-9-16-13(10-14)11-18(21-16)19(23)22-17-7-3-5-12-4-1-2-6-15(12)17/h1-8,10-11,16,21H,9H2,(H,22,23). The van der Waals surface area contributed by atoms with Crippen LogP contribution in [0.25, 0.3) is 10.8 Å². The van der Waals surface area contributed by atoms with Crippen molar-refractivity contribution in [3.63, 3.8) is 0 Å². The summed E-state index contributed by atoms with van der Waals surface area (Å²) in [6.07, 6.45) is 5.27. The van der Waals surface area contributed by atoms with E-state index >= 15 is 0 Å². The largest absolute Gasteiger partial charge is 0.373 e. The molecule has 4 heteroatoms. The molecule has 1 heterocycles. The summed E-state index contributed by atoms with van der Waals surface area (Å²) in [5, 5.41) is 8.15. The van der Waals surface area contributed by atoms with E-state index in [4.69, 9.17) is 0 Å². The molecule has 2 N–H and O–H groups in total. The van der Waals surface area contributed by atoms with Gasteiger partial charge in [0.1, 0.15) is 11.5 Å². The Morgan fingerprint density at radius 1 is 1.13 bits per heavy atom. The average molecular weight is 306 g/mol. The molecule has 1 aliphatic carbocycles. The van der Waals surface area contributed by atoms with Crippen LogP contribution in [0.4, 0.5) is 10.1 Å². The van der Waals surface area contributed by atoms with Crippen LogP contribution in [0.5, 0.6) is 0 Å². The van der Waals surface area contributed by atoms with Crippen LogP contribution in [0, 0.1) is 0 Å². The molecule has 0 spiro atoms. The van der Waals surface area contributed by atoms with Gasteiger partial charge in [-0.25, -0.2) is 4.39 Å². The lowest BCUT2D eigenvalue weighted by Gasteiger charge is -2.16. The second-order valence-corrected chi connectivity index (χ2v) is 5.70. The molecule has 2 aromatic carbocycles. The molecule has 2 aliphatic rings. The molecule has 3 nitrogen and oxygen atoms in total. The molecule has 1 unspecified atom stereocenters. The average Bonchev–Trinajstić information content (AvgIpc) is 2.98. The van der Waals surface area contributed by atoms with Crippen molar-refractivity contribution in [2.75, 3.05) is 5.32 Å². The molecule has 2 aromatic rings. The fraction of sp³-hybridized carbons (Fsp3) is 0.105. The van der Waals surface area contributed by atoms with Gasteiger partial charge in [-0.2, -0.15) is 0 Å². The lowest BCUT2D eigenvalue weighted by atomic mass is 10.0. The summed E-state index contributed by atoms with van der Waals surface area (Å²) in [5.41, 5.74) is 2.05. The Morgan fingerprint density at radius 2 is 1.96 bits per heavy atom. The smallest absolute Gasteiger partial charge is 0.271 e. The minimum Gasteiger partial charge on any atom is -0.373 e. The van der Waals surface area contributed by atoms with Crippen LogP contribution >= 0.6 is 0 Å². The minimum absolute atomic E-state index is 0.0113. The topological polar surface area (TPSA) is 41.1 Å². The van der Waals surface area contributed by atoms with E-state index in [2.05, 4.69) is 10.6 Å². The van der Waals surface area contributed by atoms with Crippen molar-refractivity contribution in [2.24, 2.45) is 0 Å². The highest BCUT2D eigenvalue weighted by Crippen LogP contribution is 2.28. The Labute approximate surface area is 133 Å². The van der Waals surface area contributed by atoms with Gasteiger partial charge in [-0.05, 0) is 41.7 Å². The van der Waals surface area contributed by atoms with Gasteiger partial charge in [-0.1, -0.05) is 36.4 Å². The summed E-state index contributed by atoms with van der Waals surface area (Å²) in [7, 11) is 0. The van der Waals surface area contributed by atoms with E-state index in [0.717, 1.165) is 22.0 Å². The summed E-state index contributed by atoms with van der Waals surface area (Å²) >= 11 is 0. The van der Waals surface area contributed by atoms with E-state index in [9.17, 15) is 9.18 Å². The SMILES string of the molecule is O=C(Nc1cccc2ccccc12)C1=CC2=CC(F)=CCC2N1. The lowest BCUT2D eigenvalue weighted by molar-refractivity contribution is -0.113. The number of rotatable bonds is 2. The van der Waals surface area contributed by atoms with E-state index < -0.39 is 0 Å². The van der Waals surface area contributed by atoms with Crippen LogP contribution in [0.2, 0.25) is 0 Å². The third-order valence-electron chi connectivity index (χ3n) is 4.18. The molecule has 1 atom stereocenters. The molecule has 23 heavy (non-hydrogen) atoms. The van der Waals surface area contributed by atoms with Gasteiger partial charge in [0, 0.05) is 11.1 Å². The number of anilines is 1. The van der Waals surface area contributed by atoms with Crippen LogP contribution in [-0.4, -0.2) is 11.9 Å². The number of amides is 1. The van der Waals surface area contributed by atoms with E-state index in [1.807, 2.05) is 42.5 Å². The Morgan fingerprint density at radius 3 is 2.87 bits per heavy atom. The van der Waals surface area contributed by atoms with E-state index in [0.29, 0.717) is 12.1 Å². The Balaban J connectivity index is 1.60. The monoisotopic (exact) mass is 306 g/mol. The number of fused-ring (bicyclic) bond motifs is 2. The van der Waals surface area contributed by atoms with Crippen molar-refractivity contribution in [3.05, 3.63) is 77.8 Å². The van der Waals surface area contributed by atoms with Crippen molar-refractivity contribution in [3.8, 4) is 0 Å². The summed E-state index contributed by atoms with van der Waals surface area (Å²) in [4.78, 5) is 12.5. The van der Waals surface area contributed by atoms with Gasteiger partial charge < -0.3 is 10.6 Å². The number of hydrogen-bond acceptors (Lipinski definition) is 2. The number of carbonyl (C=O) groups excluding carboxylic acids is 1. The molecule has 0 saturated heterocycles. The summed E-state index contributed by atoms with van der Waals surface area (Å²) in [5.74, 6) is -0.456. The van der Waals surface area contributed by atoms with Gasteiger partial charge in [0.25, 0.3) is 5.91 Å². The zero-order chi connectivity index (χ0) is 15.8. The molecule has 0 saturated carbocycles. The second kappa shape index (κ2) is 5.39. The van der Waals surface area contributed by atoms with Gasteiger partial charge in [-0.3, -0.25) is 4.79 Å². The van der Waals surface area contributed by atoms with Crippen LogP contribution in [0.1, 0.15) is 6.42 Å². The maximum Gasteiger partial charge on any atom is 0.271 e. The van der Waals surface area contributed by atoms with E-state index in [-0.39, 0.29) is 17.8 Å². The maximum atomic E-state index is 13.3. The molecule has 0 fully saturated rings. The van der Waals surface area contributed by atoms with Crippen molar-refractivity contribution in [2.45, 2.75) is 12.5 Å². The van der Waals surface area contributed by atoms with Crippen LogP contribution in [-0.2, 0) is 4.79 Å². The zero-order valence-corrected chi connectivity index (χ0v) is 12.3. The fourth-order valence-corrected chi connectivity index (χ4v) is 3.02. The van der Waals surface area contributed by atoms with Crippen molar-refractivity contribution < 1.29 is 9.18 Å². The van der Waals surface area contributed by atoms with E-state index in [1.54, 1.807) is 6.08 Å². The zero-order valence-electron chi connectivity index (χ0n) is 12.3. The van der Waals surface area contributed by atoms with Crippen LogP contribution in [0.15, 0.2) is 77.8 Å². The molecular formula is C19H15FN2O. The molecule has 114 valence electrons. The third kappa shape index (κ3) is 2.52. The maximum absolute atomic E-state index is 13.3.